The Morgan fingerprint density at radius 1 is 1.12 bits per heavy atom. The molecule has 25 heavy (non-hydrogen) atoms. The maximum absolute atomic E-state index is 12.3. The zero-order valence-corrected chi connectivity index (χ0v) is 16.4. The van der Waals surface area contributed by atoms with Crippen LogP contribution in [-0.4, -0.2) is 27.2 Å². The Morgan fingerprint density at radius 3 is 2.20 bits per heavy atom. The van der Waals surface area contributed by atoms with Gasteiger partial charge in [0, 0.05) is 5.02 Å². The number of aryl methyl sites for hydroxylation is 1. The lowest BCUT2D eigenvalue weighted by Gasteiger charge is -2.23. The number of rotatable bonds is 5. The molecule has 134 valence electrons. The summed E-state index contributed by atoms with van der Waals surface area (Å²) in [5, 5.41) is 0.382. The van der Waals surface area contributed by atoms with E-state index in [-0.39, 0.29) is 20.8 Å². The van der Waals surface area contributed by atoms with Crippen molar-refractivity contribution in [1.82, 2.24) is 0 Å². The molecule has 9 heteroatoms. The van der Waals surface area contributed by atoms with Crippen LogP contribution in [0, 0.1) is 6.92 Å². The van der Waals surface area contributed by atoms with Crippen molar-refractivity contribution >= 4 is 56.5 Å². The van der Waals surface area contributed by atoms with Gasteiger partial charge < -0.3 is 4.74 Å². The molecule has 0 aromatic heterocycles. The molecule has 0 spiro atoms. The number of ether oxygens (including phenoxy) is 1. The molecule has 2 rings (SSSR count). The van der Waals surface area contributed by atoms with E-state index < -0.39 is 22.5 Å². The van der Waals surface area contributed by atoms with E-state index >= 15 is 0 Å². The lowest BCUT2D eigenvalue weighted by atomic mass is 10.2. The summed E-state index contributed by atoms with van der Waals surface area (Å²) in [6, 6.07) is 9.53. The van der Waals surface area contributed by atoms with Crippen LogP contribution >= 0.6 is 34.8 Å². The van der Waals surface area contributed by atoms with E-state index in [0.717, 1.165) is 10.6 Å². The summed E-state index contributed by atoms with van der Waals surface area (Å²) in [7, 11) is -3.71. The standard InChI is InChI=1S/C16H14Cl3NO4S/c1-10-5-3-4-6-14(10)20(25(2,22)23)9-15(21)24-16-12(18)7-11(17)8-13(16)19/h3-8H,9H2,1-2H3. The van der Waals surface area contributed by atoms with Crippen molar-refractivity contribution in [3.63, 3.8) is 0 Å². The Balaban J connectivity index is 2.29. The zero-order valence-electron chi connectivity index (χ0n) is 13.3. The number of anilines is 1. The summed E-state index contributed by atoms with van der Waals surface area (Å²) in [6.07, 6.45) is 1.01. The average Bonchev–Trinajstić information content (AvgIpc) is 2.48. The number of benzene rings is 2. The highest BCUT2D eigenvalue weighted by molar-refractivity contribution is 7.92. The number of nitrogens with zero attached hydrogens (tertiary/aromatic N) is 1. The van der Waals surface area contributed by atoms with Crippen LogP contribution in [0.5, 0.6) is 5.75 Å². The van der Waals surface area contributed by atoms with Gasteiger partial charge >= 0.3 is 5.97 Å². The molecule has 0 amide bonds. The number of sulfonamides is 1. The Morgan fingerprint density at radius 2 is 1.68 bits per heavy atom. The van der Waals surface area contributed by atoms with Gasteiger partial charge in [0.1, 0.15) is 6.54 Å². The molecule has 2 aromatic rings. The van der Waals surface area contributed by atoms with Gasteiger partial charge in [-0.3, -0.25) is 4.31 Å². The van der Waals surface area contributed by atoms with Crippen molar-refractivity contribution in [3.8, 4) is 5.75 Å². The first kappa shape index (κ1) is 19.8. The molecule has 0 atom stereocenters. The van der Waals surface area contributed by atoms with Crippen LogP contribution in [0.25, 0.3) is 0 Å². The van der Waals surface area contributed by atoms with Gasteiger partial charge in [-0.05, 0) is 30.7 Å². The zero-order chi connectivity index (χ0) is 18.8. The second-order valence-electron chi connectivity index (χ2n) is 5.23. The second-order valence-corrected chi connectivity index (χ2v) is 8.39. The highest BCUT2D eigenvalue weighted by atomic mass is 35.5. The van der Waals surface area contributed by atoms with Gasteiger partial charge in [-0.1, -0.05) is 53.0 Å². The molecule has 0 aliphatic heterocycles. The van der Waals surface area contributed by atoms with E-state index in [1.807, 2.05) is 0 Å². The van der Waals surface area contributed by atoms with Crippen molar-refractivity contribution in [2.24, 2.45) is 0 Å². The molecule has 0 aliphatic carbocycles. The van der Waals surface area contributed by atoms with Crippen LogP contribution in [0.2, 0.25) is 15.1 Å². The van der Waals surface area contributed by atoms with Crippen LogP contribution in [0.3, 0.4) is 0 Å². The third-order valence-electron chi connectivity index (χ3n) is 3.24. The van der Waals surface area contributed by atoms with E-state index in [2.05, 4.69) is 0 Å². The number of halogens is 3. The Hall–Kier alpha value is -1.47. The average molecular weight is 423 g/mol. The predicted molar refractivity (Wildman–Crippen MR) is 100 cm³/mol. The summed E-state index contributed by atoms with van der Waals surface area (Å²) in [5.74, 6) is -0.907. The van der Waals surface area contributed by atoms with Crippen molar-refractivity contribution in [3.05, 3.63) is 57.0 Å². The normalized spacial score (nSPS) is 11.2. The molecule has 0 aliphatic rings. The molecule has 0 fully saturated rings. The fraction of sp³-hybridized carbons (Fsp3) is 0.188. The number of carbonyl (C=O) groups excluding carboxylic acids is 1. The summed E-state index contributed by atoms with van der Waals surface area (Å²) in [4.78, 5) is 12.3. The molecule has 0 radical (unpaired) electrons. The van der Waals surface area contributed by atoms with Gasteiger partial charge in [-0.25, -0.2) is 13.2 Å². The molecule has 0 saturated heterocycles. The number of carbonyl (C=O) groups is 1. The van der Waals surface area contributed by atoms with Gasteiger partial charge in [-0.2, -0.15) is 0 Å². The third-order valence-corrected chi connectivity index (χ3v) is 5.14. The largest absolute Gasteiger partial charge is 0.422 e. The topological polar surface area (TPSA) is 63.7 Å². The van der Waals surface area contributed by atoms with Crippen molar-refractivity contribution in [2.45, 2.75) is 6.92 Å². The molecule has 5 nitrogen and oxygen atoms in total. The predicted octanol–water partition coefficient (Wildman–Crippen LogP) is 4.33. The first-order valence-electron chi connectivity index (χ1n) is 6.98. The summed E-state index contributed by atoms with van der Waals surface area (Å²) >= 11 is 17.7. The van der Waals surface area contributed by atoms with E-state index in [1.54, 1.807) is 31.2 Å². The highest BCUT2D eigenvalue weighted by Gasteiger charge is 2.24. The minimum absolute atomic E-state index is 0.0487. The Kier molecular flexibility index (Phi) is 6.21. The Labute approximate surface area is 161 Å². The van der Waals surface area contributed by atoms with E-state index in [9.17, 15) is 13.2 Å². The molecule has 0 unspecified atom stereocenters. The van der Waals surface area contributed by atoms with Crippen LogP contribution in [-0.2, 0) is 14.8 Å². The number of hydrogen-bond acceptors (Lipinski definition) is 4. The SMILES string of the molecule is Cc1ccccc1N(CC(=O)Oc1c(Cl)cc(Cl)cc1Cl)S(C)(=O)=O. The summed E-state index contributed by atoms with van der Waals surface area (Å²) < 4.78 is 30.3. The minimum Gasteiger partial charge on any atom is -0.422 e. The van der Waals surface area contributed by atoms with E-state index in [0.29, 0.717) is 11.3 Å². The smallest absolute Gasteiger partial charge is 0.332 e. The maximum Gasteiger partial charge on any atom is 0.332 e. The van der Waals surface area contributed by atoms with Crippen LogP contribution in [0.15, 0.2) is 36.4 Å². The molecular weight excluding hydrogens is 409 g/mol. The third kappa shape index (κ3) is 5.01. The van der Waals surface area contributed by atoms with E-state index in [4.69, 9.17) is 39.5 Å². The van der Waals surface area contributed by atoms with Gasteiger partial charge in [0.15, 0.2) is 5.75 Å². The van der Waals surface area contributed by atoms with Crippen molar-refractivity contribution in [1.29, 1.82) is 0 Å². The van der Waals surface area contributed by atoms with Crippen molar-refractivity contribution in [2.75, 3.05) is 17.1 Å². The minimum atomic E-state index is -3.71. The summed E-state index contributed by atoms with van der Waals surface area (Å²) in [6.45, 7) is 1.21. The fourth-order valence-electron chi connectivity index (χ4n) is 2.11. The number of para-hydroxylation sites is 1. The van der Waals surface area contributed by atoms with Crippen molar-refractivity contribution < 1.29 is 17.9 Å². The van der Waals surface area contributed by atoms with E-state index in [1.165, 1.54) is 12.1 Å². The molecule has 0 bridgehead atoms. The second kappa shape index (κ2) is 7.83. The first-order valence-corrected chi connectivity index (χ1v) is 9.96. The van der Waals surface area contributed by atoms with Gasteiger partial charge in [0.05, 0.1) is 22.0 Å². The number of hydrogen-bond donors (Lipinski definition) is 0. The lowest BCUT2D eigenvalue weighted by molar-refractivity contribution is -0.132. The highest BCUT2D eigenvalue weighted by Crippen LogP contribution is 2.36. The van der Waals surface area contributed by atoms with Gasteiger partial charge in [0.2, 0.25) is 10.0 Å². The Bertz CT molecular complexity index is 892. The summed E-state index contributed by atoms with van der Waals surface area (Å²) in [5.41, 5.74) is 1.08. The van der Waals surface area contributed by atoms with Crippen LogP contribution < -0.4 is 9.04 Å². The quantitative estimate of drug-likeness (QED) is 0.531. The molecule has 0 saturated carbocycles. The maximum atomic E-state index is 12.3. The molecular formula is C16H14Cl3NO4S. The molecule has 0 heterocycles. The van der Waals surface area contributed by atoms with Gasteiger partial charge in [-0.15, -0.1) is 0 Å². The number of esters is 1. The first-order chi connectivity index (χ1) is 11.6. The fourth-order valence-corrected chi connectivity index (χ4v) is 3.91. The monoisotopic (exact) mass is 421 g/mol. The lowest BCUT2D eigenvalue weighted by Crippen LogP contribution is -2.37. The molecule has 0 N–H and O–H groups in total. The van der Waals surface area contributed by atoms with Crippen LogP contribution in [0.1, 0.15) is 5.56 Å². The van der Waals surface area contributed by atoms with Crippen LogP contribution in [0.4, 0.5) is 5.69 Å². The van der Waals surface area contributed by atoms with Gasteiger partial charge in [0.25, 0.3) is 0 Å². The molecule has 2 aromatic carbocycles.